The van der Waals surface area contributed by atoms with Crippen molar-refractivity contribution in [1.29, 1.82) is 0 Å². The molecule has 1 heterocycles. The molecule has 0 saturated carbocycles. The highest BCUT2D eigenvalue weighted by molar-refractivity contribution is 5.89. The summed E-state index contributed by atoms with van der Waals surface area (Å²) in [6.45, 7) is 3.33. The molecule has 160 valence electrons. The lowest BCUT2D eigenvalue weighted by atomic mass is 9.93. The third-order valence-electron chi connectivity index (χ3n) is 5.38. The minimum absolute atomic E-state index is 0.0285. The first-order valence-electron chi connectivity index (χ1n) is 10.2. The van der Waals surface area contributed by atoms with Crippen LogP contribution in [0, 0.1) is 24.5 Å². The van der Waals surface area contributed by atoms with E-state index in [0.717, 1.165) is 30.2 Å². The number of carbonyl (C=O) groups is 2. The summed E-state index contributed by atoms with van der Waals surface area (Å²) in [6, 6.07) is 10.8. The summed E-state index contributed by atoms with van der Waals surface area (Å²) in [5.74, 6) is -1.25. The average Bonchev–Trinajstić information content (AvgIpc) is 2.73. The van der Waals surface area contributed by atoms with E-state index in [1.165, 1.54) is 12.1 Å². The van der Waals surface area contributed by atoms with Crippen molar-refractivity contribution in [1.82, 2.24) is 10.2 Å². The van der Waals surface area contributed by atoms with Crippen LogP contribution in [-0.4, -0.2) is 29.9 Å². The van der Waals surface area contributed by atoms with Crippen molar-refractivity contribution >= 4 is 17.6 Å². The molecule has 3 rings (SSSR count). The zero-order valence-corrected chi connectivity index (χ0v) is 17.1. The summed E-state index contributed by atoms with van der Waals surface area (Å²) < 4.78 is 26.6. The Morgan fingerprint density at radius 3 is 2.63 bits per heavy atom. The number of amides is 3. The van der Waals surface area contributed by atoms with Crippen LogP contribution in [0.5, 0.6) is 0 Å². The molecular weight excluding hydrogens is 388 g/mol. The lowest BCUT2D eigenvalue weighted by molar-refractivity contribution is -0.121. The molecule has 1 aliphatic rings. The van der Waals surface area contributed by atoms with Gasteiger partial charge in [-0.05, 0) is 50.3 Å². The molecule has 1 saturated heterocycles. The number of hydrogen-bond donors (Lipinski definition) is 2. The fourth-order valence-electron chi connectivity index (χ4n) is 3.61. The van der Waals surface area contributed by atoms with Crippen molar-refractivity contribution in [2.45, 2.75) is 39.2 Å². The number of benzene rings is 2. The molecule has 0 aromatic heterocycles. The number of nitrogens with zero attached hydrogens (tertiary/aromatic N) is 1. The number of anilines is 1. The summed E-state index contributed by atoms with van der Waals surface area (Å²) in [5.41, 5.74) is 2.15. The van der Waals surface area contributed by atoms with Gasteiger partial charge in [0, 0.05) is 43.4 Å². The first-order valence-corrected chi connectivity index (χ1v) is 10.2. The van der Waals surface area contributed by atoms with Gasteiger partial charge in [0.15, 0.2) is 0 Å². The molecule has 2 aromatic rings. The van der Waals surface area contributed by atoms with Gasteiger partial charge in [0.1, 0.15) is 11.6 Å². The molecule has 2 aromatic carbocycles. The first kappa shape index (κ1) is 21.7. The van der Waals surface area contributed by atoms with E-state index in [9.17, 15) is 18.4 Å². The first-order chi connectivity index (χ1) is 14.4. The highest BCUT2D eigenvalue weighted by Crippen LogP contribution is 2.22. The quantitative estimate of drug-likeness (QED) is 0.724. The van der Waals surface area contributed by atoms with Gasteiger partial charge in [0.2, 0.25) is 5.91 Å². The van der Waals surface area contributed by atoms with E-state index in [-0.39, 0.29) is 30.0 Å². The Hall–Kier alpha value is -2.96. The van der Waals surface area contributed by atoms with E-state index in [1.54, 1.807) is 4.90 Å². The summed E-state index contributed by atoms with van der Waals surface area (Å²) in [7, 11) is 0. The number of carbonyl (C=O) groups excluding carboxylic acids is 2. The molecule has 5 nitrogen and oxygen atoms in total. The third-order valence-corrected chi connectivity index (χ3v) is 5.38. The monoisotopic (exact) mass is 415 g/mol. The van der Waals surface area contributed by atoms with Crippen LogP contribution in [0.15, 0.2) is 42.5 Å². The zero-order valence-electron chi connectivity index (χ0n) is 17.1. The second-order valence-electron chi connectivity index (χ2n) is 7.80. The van der Waals surface area contributed by atoms with Crippen LogP contribution in [0.2, 0.25) is 0 Å². The molecule has 1 fully saturated rings. The van der Waals surface area contributed by atoms with Gasteiger partial charge >= 0.3 is 6.03 Å². The third kappa shape index (κ3) is 6.27. The molecule has 0 bridgehead atoms. The standard InChI is InChI=1S/C23H27F2N3O2/c1-16-4-9-20(10-5-16)27-23(30)28-12-2-3-17(15-28)6-11-22(29)26-14-18-7-8-19(24)13-21(18)25/h4-5,7-10,13,17H,2-3,6,11-12,14-15H2,1H3,(H,26,29)(H,27,30)/t17-/m1/s1. The van der Waals surface area contributed by atoms with Crippen LogP contribution in [-0.2, 0) is 11.3 Å². The maximum atomic E-state index is 13.6. The van der Waals surface area contributed by atoms with Crippen molar-refractivity contribution in [2.75, 3.05) is 18.4 Å². The minimum atomic E-state index is -0.669. The van der Waals surface area contributed by atoms with Crippen molar-refractivity contribution in [2.24, 2.45) is 5.92 Å². The average molecular weight is 415 g/mol. The van der Waals surface area contributed by atoms with Gasteiger partial charge in [0.25, 0.3) is 0 Å². The van der Waals surface area contributed by atoms with Crippen LogP contribution in [0.4, 0.5) is 19.3 Å². The number of aryl methyl sites for hydroxylation is 1. The molecule has 1 atom stereocenters. The lowest BCUT2D eigenvalue weighted by Gasteiger charge is -2.32. The molecule has 2 N–H and O–H groups in total. The predicted molar refractivity (Wildman–Crippen MR) is 112 cm³/mol. The molecule has 7 heteroatoms. The minimum Gasteiger partial charge on any atom is -0.352 e. The number of piperidine rings is 1. The maximum Gasteiger partial charge on any atom is 0.321 e. The number of halogens is 2. The Bertz CT molecular complexity index is 887. The van der Waals surface area contributed by atoms with Gasteiger partial charge in [0.05, 0.1) is 0 Å². The van der Waals surface area contributed by atoms with Gasteiger partial charge in [-0.1, -0.05) is 23.8 Å². The summed E-state index contributed by atoms with van der Waals surface area (Å²) in [5, 5.41) is 5.59. The second kappa shape index (κ2) is 10.2. The highest BCUT2D eigenvalue weighted by Gasteiger charge is 2.24. The molecule has 3 amide bonds. The molecule has 0 unspecified atom stereocenters. The van der Waals surface area contributed by atoms with E-state index in [2.05, 4.69) is 10.6 Å². The fourth-order valence-corrected chi connectivity index (χ4v) is 3.61. The summed E-state index contributed by atoms with van der Waals surface area (Å²) in [4.78, 5) is 26.4. The van der Waals surface area contributed by atoms with Gasteiger partial charge in [-0.25, -0.2) is 13.6 Å². The normalized spacial score (nSPS) is 16.2. The van der Waals surface area contributed by atoms with Gasteiger partial charge < -0.3 is 15.5 Å². The van der Waals surface area contributed by atoms with Crippen LogP contribution >= 0.6 is 0 Å². The number of hydrogen-bond acceptors (Lipinski definition) is 2. The molecule has 0 aliphatic carbocycles. The number of urea groups is 1. The zero-order chi connectivity index (χ0) is 21.5. The van der Waals surface area contributed by atoms with E-state index in [0.29, 0.717) is 25.9 Å². The molecule has 1 aliphatic heterocycles. The van der Waals surface area contributed by atoms with Crippen LogP contribution in [0.1, 0.15) is 36.8 Å². The number of nitrogens with one attached hydrogen (secondary N) is 2. The number of likely N-dealkylation sites (tertiary alicyclic amines) is 1. The molecule has 0 radical (unpaired) electrons. The van der Waals surface area contributed by atoms with E-state index in [1.807, 2.05) is 31.2 Å². The Labute approximate surface area is 175 Å². The smallest absolute Gasteiger partial charge is 0.321 e. The maximum absolute atomic E-state index is 13.6. The topological polar surface area (TPSA) is 61.4 Å². The summed E-state index contributed by atoms with van der Waals surface area (Å²) in [6.07, 6.45) is 2.83. The van der Waals surface area contributed by atoms with Crippen LogP contribution in [0.25, 0.3) is 0 Å². The van der Waals surface area contributed by atoms with Crippen LogP contribution in [0.3, 0.4) is 0 Å². The van der Waals surface area contributed by atoms with Crippen molar-refractivity contribution in [3.05, 3.63) is 65.2 Å². The Morgan fingerprint density at radius 1 is 1.13 bits per heavy atom. The second-order valence-corrected chi connectivity index (χ2v) is 7.80. The Kier molecular flexibility index (Phi) is 7.38. The molecular formula is C23H27F2N3O2. The number of rotatable bonds is 6. The van der Waals surface area contributed by atoms with Crippen molar-refractivity contribution in [3.63, 3.8) is 0 Å². The van der Waals surface area contributed by atoms with E-state index >= 15 is 0 Å². The van der Waals surface area contributed by atoms with E-state index < -0.39 is 11.6 Å². The summed E-state index contributed by atoms with van der Waals surface area (Å²) >= 11 is 0. The predicted octanol–water partition coefficient (Wildman–Crippen LogP) is 4.61. The van der Waals surface area contributed by atoms with Crippen molar-refractivity contribution < 1.29 is 18.4 Å². The largest absolute Gasteiger partial charge is 0.352 e. The highest BCUT2D eigenvalue weighted by atomic mass is 19.1. The van der Waals surface area contributed by atoms with Crippen LogP contribution < -0.4 is 10.6 Å². The Balaban J connectivity index is 1.42. The van der Waals surface area contributed by atoms with Gasteiger partial charge in [-0.2, -0.15) is 0 Å². The van der Waals surface area contributed by atoms with Gasteiger partial charge in [-0.3, -0.25) is 4.79 Å². The lowest BCUT2D eigenvalue weighted by Crippen LogP contribution is -2.42. The fraction of sp³-hybridized carbons (Fsp3) is 0.391. The SMILES string of the molecule is Cc1ccc(NC(=O)N2CCC[C@H](CCC(=O)NCc3ccc(F)cc3F)C2)cc1. The Morgan fingerprint density at radius 2 is 1.90 bits per heavy atom. The molecule has 0 spiro atoms. The van der Waals surface area contributed by atoms with E-state index in [4.69, 9.17) is 0 Å². The van der Waals surface area contributed by atoms with Crippen molar-refractivity contribution in [3.8, 4) is 0 Å². The van der Waals surface area contributed by atoms with Gasteiger partial charge in [-0.15, -0.1) is 0 Å². The molecule has 30 heavy (non-hydrogen) atoms.